The summed E-state index contributed by atoms with van der Waals surface area (Å²) < 4.78 is 1.78. The number of allylic oxidation sites excluding steroid dienone is 1. The average molecular weight is 215 g/mol. The van der Waals surface area contributed by atoms with Crippen LogP contribution in [0.15, 0.2) is 24.7 Å². The van der Waals surface area contributed by atoms with Crippen LogP contribution in [0.4, 0.5) is 0 Å². The minimum Gasteiger partial charge on any atom is -0.252 e. The van der Waals surface area contributed by atoms with E-state index >= 15 is 0 Å². The van der Waals surface area contributed by atoms with Crippen molar-refractivity contribution < 1.29 is 0 Å². The highest BCUT2D eigenvalue weighted by molar-refractivity contribution is 5.75. The van der Waals surface area contributed by atoms with Crippen molar-refractivity contribution in [2.45, 2.75) is 20.4 Å². The third kappa shape index (κ3) is 2.31. The Hall–Kier alpha value is -2.04. The van der Waals surface area contributed by atoms with Gasteiger partial charge in [0.1, 0.15) is 5.69 Å². The standard InChI is InChI=1S/C11H13N5/c1-3-16-8-10(14-15-16)7-9(2)11-12-5-4-6-13-11/h4-8H,3H2,1-2H3. The molecular weight excluding hydrogens is 202 g/mol. The third-order valence-corrected chi connectivity index (χ3v) is 2.16. The molecule has 82 valence electrons. The molecule has 0 saturated carbocycles. The number of aromatic nitrogens is 5. The molecule has 16 heavy (non-hydrogen) atoms. The van der Waals surface area contributed by atoms with E-state index in [9.17, 15) is 0 Å². The first kappa shape index (κ1) is 10.5. The summed E-state index contributed by atoms with van der Waals surface area (Å²) in [6, 6.07) is 1.80. The van der Waals surface area contributed by atoms with Gasteiger partial charge in [0.05, 0.1) is 6.20 Å². The molecule has 5 heteroatoms. The Morgan fingerprint density at radius 1 is 1.38 bits per heavy atom. The molecule has 5 nitrogen and oxygen atoms in total. The molecule has 0 aliphatic rings. The molecule has 0 N–H and O–H groups in total. The van der Waals surface area contributed by atoms with Crippen LogP contribution < -0.4 is 0 Å². The number of aryl methyl sites for hydroxylation is 1. The molecule has 0 amide bonds. The summed E-state index contributed by atoms with van der Waals surface area (Å²) in [7, 11) is 0. The number of hydrogen-bond acceptors (Lipinski definition) is 4. The fraction of sp³-hybridized carbons (Fsp3) is 0.273. The normalized spacial score (nSPS) is 11.8. The lowest BCUT2D eigenvalue weighted by molar-refractivity contribution is 0.627. The molecule has 0 atom stereocenters. The van der Waals surface area contributed by atoms with E-state index in [0.29, 0.717) is 5.82 Å². The number of rotatable bonds is 3. The first-order chi connectivity index (χ1) is 7.79. The summed E-state index contributed by atoms with van der Waals surface area (Å²) in [5.41, 5.74) is 1.80. The topological polar surface area (TPSA) is 56.5 Å². The molecule has 0 aliphatic heterocycles. The van der Waals surface area contributed by atoms with Crippen LogP contribution in [-0.2, 0) is 6.54 Å². The summed E-state index contributed by atoms with van der Waals surface area (Å²) in [6.45, 7) is 4.80. The monoisotopic (exact) mass is 215 g/mol. The lowest BCUT2D eigenvalue weighted by Gasteiger charge is -1.96. The Balaban J connectivity index is 2.24. The fourth-order valence-corrected chi connectivity index (χ4v) is 1.32. The first-order valence-electron chi connectivity index (χ1n) is 5.15. The van der Waals surface area contributed by atoms with Crippen LogP contribution in [0.5, 0.6) is 0 Å². The maximum absolute atomic E-state index is 4.17. The van der Waals surface area contributed by atoms with Gasteiger partial charge in [-0.1, -0.05) is 5.21 Å². The van der Waals surface area contributed by atoms with Gasteiger partial charge in [-0.2, -0.15) is 0 Å². The highest BCUT2D eigenvalue weighted by Crippen LogP contribution is 2.11. The van der Waals surface area contributed by atoms with Gasteiger partial charge in [-0.25, -0.2) is 9.97 Å². The molecule has 0 aliphatic carbocycles. The second-order valence-corrected chi connectivity index (χ2v) is 3.40. The minimum absolute atomic E-state index is 0.716. The molecule has 0 aromatic carbocycles. The zero-order chi connectivity index (χ0) is 11.4. The smallest absolute Gasteiger partial charge is 0.154 e. The second-order valence-electron chi connectivity index (χ2n) is 3.40. The van der Waals surface area contributed by atoms with Gasteiger partial charge in [-0.05, 0) is 31.6 Å². The van der Waals surface area contributed by atoms with E-state index in [1.54, 1.807) is 23.1 Å². The van der Waals surface area contributed by atoms with Crippen LogP contribution in [0.1, 0.15) is 25.4 Å². The molecule has 0 spiro atoms. The van der Waals surface area contributed by atoms with E-state index in [0.717, 1.165) is 17.8 Å². The van der Waals surface area contributed by atoms with Gasteiger partial charge in [-0.15, -0.1) is 5.10 Å². The average Bonchev–Trinajstić information content (AvgIpc) is 2.78. The molecular formula is C11H13N5. The predicted octanol–water partition coefficient (Wildman–Crippen LogP) is 1.65. The van der Waals surface area contributed by atoms with Crippen LogP contribution >= 0.6 is 0 Å². The van der Waals surface area contributed by atoms with Crippen molar-refractivity contribution >= 4 is 11.6 Å². The number of hydrogen-bond donors (Lipinski definition) is 0. The molecule has 2 aromatic rings. The van der Waals surface area contributed by atoms with Gasteiger partial charge in [0.25, 0.3) is 0 Å². The summed E-state index contributed by atoms with van der Waals surface area (Å²) >= 11 is 0. The molecule has 2 heterocycles. The van der Waals surface area contributed by atoms with Gasteiger partial charge in [0, 0.05) is 18.9 Å². The zero-order valence-corrected chi connectivity index (χ0v) is 9.33. The Morgan fingerprint density at radius 2 is 2.12 bits per heavy atom. The summed E-state index contributed by atoms with van der Waals surface area (Å²) in [4.78, 5) is 8.33. The second kappa shape index (κ2) is 4.65. The molecule has 2 rings (SSSR count). The maximum atomic E-state index is 4.17. The largest absolute Gasteiger partial charge is 0.252 e. The van der Waals surface area contributed by atoms with Crippen molar-refractivity contribution in [2.24, 2.45) is 0 Å². The van der Waals surface area contributed by atoms with E-state index in [1.165, 1.54) is 0 Å². The quantitative estimate of drug-likeness (QED) is 0.781. The third-order valence-electron chi connectivity index (χ3n) is 2.16. The van der Waals surface area contributed by atoms with Crippen molar-refractivity contribution in [3.8, 4) is 0 Å². The van der Waals surface area contributed by atoms with Crippen molar-refractivity contribution in [2.75, 3.05) is 0 Å². The maximum Gasteiger partial charge on any atom is 0.154 e. The molecule has 2 aromatic heterocycles. The predicted molar refractivity (Wildman–Crippen MR) is 61.3 cm³/mol. The number of nitrogens with zero attached hydrogens (tertiary/aromatic N) is 5. The Kier molecular flexibility index (Phi) is 3.05. The van der Waals surface area contributed by atoms with Crippen LogP contribution in [0, 0.1) is 0 Å². The SMILES string of the molecule is CCn1cc(C=C(C)c2ncccn2)nn1. The van der Waals surface area contributed by atoms with Crippen LogP contribution in [-0.4, -0.2) is 25.0 Å². The van der Waals surface area contributed by atoms with Gasteiger partial charge in [-0.3, -0.25) is 4.68 Å². The van der Waals surface area contributed by atoms with Crippen molar-refractivity contribution in [1.82, 2.24) is 25.0 Å². The summed E-state index contributed by atoms with van der Waals surface area (Å²) in [5, 5.41) is 8.00. The fourth-order valence-electron chi connectivity index (χ4n) is 1.32. The van der Waals surface area contributed by atoms with Crippen LogP contribution in [0.2, 0.25) is 0 Å². The van der Waals surface area contributed by atoms with E-state index < -0.39 is 0 Å². The van der Waals surface area contributed by atoms with Crippen molar-refractivity contribution in [3.05, 3.63) is 36.2 Å². The Bertz CT molecular complexity index is 486. The Labute approximate surface area is 93.9 Å². The summed E-state index contributed by atoms with van der Waals surface area (Å²) in [6.07, 6.45) is 7.27. The van der Waals surface area contributed by atoms with Gasteiger partial charge >= 0.3 is 0 Å². The molecule has 0 saturated heterocycles. The van der Waals surface area contributed by atoms with E-state index in [2.05, 4.69) is 20.3 Å². The van der Waals surface area contributed by atoms with Crippen molar-refractivity contribution in [1.29, 1.82) is 0 Å². The zero-order valence-electron chi connectivity index (χ0n) is 9.33. The van der Waals surface area contributed by atoms with Gasteiger partial charge in [0.15, 0.2) is 5.82 Å². The highest BCUT2D eigenvalue weighted by atomic mass is 15.4. The Morgan fingerprint density at radius 3 is 2.75 bits per heavy atom. The van der Waals surface area contributed by atoms with E-state index in [-0.39, 0.29) is 0 Å². The lowest BCUT2D eigenvalue weighted by atomic mass is 10.2. The van der Waals surface area contributed by atoms with E-state index in [1.807, 2.05) is 26.1 Å². The summed E-state index contributed by atoms with van der Waals surface area (Å²) in [5.74, 6) is 0.716. The molecule has 0 unspecified atom stereocenters. The van der Waals surface area contributed by atoms with Gasteiger partial charge in [0.2, 0.25) is 0 Å². The van der Waals surface area contributed by atoms with Crippen LogP contribution in [0.3, 0.4) is 0 Å². The van der Waals surface area contributed by atoms with Crippen LogP contribution in [0.25, 0.3) is 11.6 Å². The van der Waals surface area contributed by atoms with Gasteiger partial charge < -0.3 is 0 Å². The molecule has 0 bridgehead atoms. The first-order valence-corrected chi connectivity index (χ1v) is 5.15. The molecule has 0 radical (unpaired) electrons. The van der Waals surface area contributed by atoms with Crippen molar-refractivity contribution in [3.63, 3.8) is 0 Å². The lowest BCUT2D eigenvalue weighted by Crippen LogP contribution is -1.93. The highest BCUT2D eigenvalue weighted by Gasteiger charge is 2.00. The van der Waals surface area contributed by atoms with E-state index in [4.69, 9.17) is 0 Å². The molecule has 0 fully saturated rings. The minimum atomic E-state index is 0.716.